The van der Waals surface area contributed by atoms with Gasteiger partial charge in [-0.2, -0.15) is 0 Å². The van der Waals surface area contributed by atoms with Crippen molar-refractivity contribution in [1.29, 1.82) is 0 Å². The van der Waals surface area contributed by atoms with E-state index in [9.17, 15) is 0 Å². The highest BCUT2D eigenvalue weighted by atomic mass is 16.5. The highest BCUT2D eigenvalue weighted by molar-refractivity contribution is 5.78. The van der Waals surface area contributed by atoms with Gasteiger partial charge < -0.3 is 20.1 Å². The van der Waals surface area contributed by atoms with Crippen molar-refractivity contribution in [2.24, 2.45) is 16.6 Å². The summed E-state index contributed by atoms with van der Waals surface area (Å²) < 4.78 is 10.8. The van der Waals surface area contributed by atoms with Crippen LogP contribution in [0.3, 0.4) is 0 Å². The highest BCUT2D eigenvalue weighted by Gasteiger charge is 2.16. The number of ether oxygens (including phenoxy) is 2. The van der Waals surface area contributed by atoms with Crippen LogP contribution in [0.2, 0.25) is 0 Å². The number of hydrogen-bond donors (Lipinski definition) is 1. The Hall–Kier alpha value is -2.35. The molecule has 2 N–H and O–H groups in total. The van der Waals surface area contributed by atoms with Gasteiger partial charge in [0, 0.05) is 13.1 Å². The Morgan fingerprint density at radius 3 is 2.78 bits per heavy atom. The standard InChI is InChI=1S/C18H25N3O2/c1-4-11-23-17-12-15(5-6-16(17)22-3)13-20-18(19)21-9-7-14(2)8-10-21/h1,5-6,12,14H,7-11,13H2,2-3H3,(H2,19,20). The number of guanidine groups is 1. The lowest BCUT2D eigenvalue weighted by molar-refractivity contribution is 0.277. The van der Waals surface area contributed by atoms with Crippen LogP contribution < -0.4 is 15.2 Å². The largest absolute Gasteiger partial charge is 0.493 e. The molecule has 2 rings (SSSR count). The van der Waals surface area contributed by atoms with E-state index in [1.165, 1.54) is 12.8 Å². The van der Waals surface area contributed by atoms with Crippen LogP contribution in [0, 0.1) is 18.3 Å². The molecular formula is C18H25N3O2. The van der Waals surface area contributed by atoms with E-state index in [-0.39, 0.29) is 6.61 Å². The molecule has 0 spiro atoms. The third-order valence-corrected chi connectivity index (χ3v) is 4.07. The van der Waals surface area contributed by atoms with E-state index in [4.69, 9.17) is 21.6 Å². The van der Waals surface area contributed by atoms with Crippen LogP contribution in [0.5, 0.6) is 11.5 Å². The van der Waals surface area contributed by atoms with Crippen molar-refractivity contribution in [3.05, 3.63) is 23.8 Å². The van der Waals surface area contributed by atoms with E-state index in [0.29, 0.717) is 24.0 Å². The molecule has 5 nitrogen and oxygen atoms in total. The lowest BCUT2D eigenvalue weighted by Crippen LogP contribution is -2.42. The Bertz CT molecular complexity index is 584. The first-order valence-corrected chi connectivity index (χ1v) is 7.92. The summed E-state index contributed by atoms with van der Waals surface area (Å²) in [6, 6.07) is 5.71. The fourth-order valence-electron chi connectivity index (χ4n) is 2.56. The lowest BCUT2D eigenvalue weighted by atomic mass is 10.00. The summed E-state index contributed by atoms with van der Waals surface area (Å²) in [4.78, 5) is 6.66. The second-order valence-corrected chi connectivity index (χ2v) is 5.82. The van der Waals surface area contributed by atoms with E-state index in [2.05, 4.69) is 22.7 Å². The molecule has 1 aromatic rings. The quantitative estimate of drug-likeness (QED) is 0.514. The first-order chi connectivity index (χ1) is 11.1. The fraction of sp³-hybridized carbons (Fsp3) is 0.500. The number of methoxy groups -OCH3 is 1. The number of rotatable bonds is 5. The van der Waals surface area contributed by atoms with Crippen LogP contribution in [0.25, 0.3) is 0 Å². The van der Waals surface area contributed by atoms with Gasteiger partial charge in [-0.25, -0.2) is 4.99 Å². The summed E-state index contributed by atoms with van der Waals surface area (Å²) in [6.45, 7) is 4.95. The Morgan fingerprint density at radius 1 is 1.39 bits per heavy atom. The Kier molecular flexibility index (Phi) is 6.16. The van der Waals surface area contributed by atoms with Crippen LogP contribution >= 0.6 is 0 Å². The number of nitrogens with two attached hydrogens (primary N) is 1. The Morgan fingerprint density at radius 2 is 2.13 bits per heavy atom. The molecule has 0 radical (unpaired) electrons. The first-order valence-electron chi connectivity index (χ1n) is 7.92. The van der Waals surface area contributed by atoms with Gasteiger partial charge >= 0.3 is 0 Å². The zero-order valence-corrected chi connectivity index (χ0v) is 13.9. The zero-order valence-electron chi connectivity index (χ0n) is 13.9. The summed E-state index contributed by atoms with van der Waals surface area (Å²) >= 11 is 0. The minimum absolute atomic E-state index is 0.206. The average Bonchev–Trinajstić information content (AvgIpc) is 2.58. The third kappa shape index (κ3) is 4.82. The number of piperidine rings is 1. The molecule has 0 atom stereocenters. The molecule has 0 saturated carbocycles. The number of aliphatic imine (C=N–C) groups is 1. The van der Waals surface area contributed by atoms with Gasteiger partial charge in [0.15, 0.2) is 17.5 Å². The predicted octanol–water partition coefficient (Wildman–Crippen LogP) is 2.25. The molecule has 1 saturated heterocycles. The van der Waals surface area contributed by atoms with Crippen LogP contribution in [0.1, 0.15) is 25.3 Å². The van der Waals surface area contributed by atoms with Gasteiger partial charge in [0.1, 0.15) is 6.61 Å². The summed E-state index contributed by atoms with van der Waals surface area (Å²) in [6.07, 6.45) is 7.58. The van der Waals surface area contributed by atoms with Crippen LogP contribution in [0.15, 0.2) is 23.2 Å². The minimum atomic E-state index is 0.206. The summed E-state index contributed by atoms with van der Waals surface area (Å²) in [7, 11) is 1.60. The van der Waals surface area contributed by atoms with Gasteiger partial charge in [-0.1, -0.05) is 18.9 Å². The number of likely N-dealkylation sites (tertiary alicyclic amines) is 1. The molecule has 0 aliphatic carbocycles. The third-order valence-electron chi connectivity index (χ3n) is 4.07. The van der Waals surface area contributed by atoms with E-state index in [0.717, 1.165) is 24.6 Å². The number of terminal acetylenes is 1. The van der Waals surface area contributed by atoms with Crippen molar-refractivity contribution in [2.45, 2.75) is 26.3 Å². The predicted molar refractivity (Wildman–Crippen MR) is 92.6 cm³/mol. The molecule has 1 heterocycles. The smallest absolute Gasteiger partial charge is 0.191 e. The SMILES string of the molecule is C#CCOc1cc(CN=C(N)N2CCC(C)CC2)ccc1OC. The maximum atomic E-state index is 6.11. The summed E-state index contributed by atoms with van der Waals surface area (Å²) in [5.41, 5.74) is 7.12. The van der Waals surface area contributed by atoms with Crippen molar-refractivity contribution >= 4 is 5.96 Å². The number of nitrogens with zero attached hydrogens (tertiary/aromatic N) is 2. The molecule has 1 aliphatic heterocycles. The van der Waals surface area contributed by atoms with Gasteiger partial charge in [0.2, 0.25) is 0 Å². The van der Waals surface area contributed by atoms with Gasteiger partial charge in [0.25, 0.3) is 0 Å². The Labute approximate surface area is 138 Å². The van der Waals surface area contributed by atoms with E-state index in [1.807, 2.05) is 18.2 Å². The minimum Gasteiger partial charge on any atom is -0.493 e. The highest BCUT2D eigenvalue weighted by Crippen LogP contribution is 2.28. The molecule has 1 aromatic carbocycles. The van der Waals surface area contributed by atoms with Gasteiger partial charge in [0.05, 0.1) is 13.7 Å². The molecule has 1 aliphatic rings. The van der Waals surface area contributed by atoms with E-state index < -0.39 is 0 Å². The first kappa shape index (κ1) is 17.0. The molecule has 124 valence electrons. The maximum absolute atomic E-state index is 6.11. The second kappa shape index (κ2) is 8.33. The van der Waals surface area contributed by atoms with Crippen LogP contribution in [-0.2, 0) is 6.54 Å². The maximum Gasteiger partial charge on any atom is 0.191 e. The van der Waals surface area contributed by atoms with Crippen molar-refractivity contribution < 1.29 is 9.47 Å². The molecule has 1 fully saturated rings. The average molecular weight is 315 g/mol. The molecule has 0 unspecified atom stereocenters. The van der Waals surface area contributed by atoms with Crippen molar-refractivity contribution in [1.82, 2.24) is 4.90 Å². The van der Waals surface area contributed by atoms with Gasteiger partial charge in [-0.3, -0.25) is 0 Å². The molecule has 5 heteroatoms. The van der Waals surface area contributed by atoms with Gasteiger partial charge in [-0.15, -0.1) is 6.42 Å². The Balaban J connectivity index is 2.01. The summed E-state index contributed by atoms with van der Waals surface area (Å²) in [5, 5.41) is 0. The number of benzene rings is 1. The fourth-order valence-corrected chi connectivity index (χ4v) is 2.56. The monoisotopic (exact) mass is 315 g/mol. The van der Waals surface area contributed by atoms with E-state index >= 15 is 0 Å². The zero-order chi connectivity index (χ0) is 16.7. The molecule has 0 amide bonds. The van der Waals surface area contributed by atoms with Crippen molar-refractivity contribution in [3.63, 3.8) is 0 Å². The van der Waals surface area contributed by atoms with Crippen molar-refractivity contribution in [2.75, 3.05) is 26.8 Å². The molecule has 23 heavy (non-hydrogen) atoms. The lowest BCUT2D eigenvalue weighted by Gasteiger charge is -2.31. The van der Waals surface area contributed by atoms with Crippen LogP contribution in [-0.4, -0.2) is 37.7 Å². The van der Waals surface area contributed by atoms with Crippen molar-refractivity contribution in [3.8, 4) is 23.8 Å². The second-order valence-electron chi connectivity index (χ2n) is 5.82. The molecule has 0 bridgehead atoms. The number of hydrogen-bond acceptors (Lipinski definition) is 3. The molecular weight excluding hydrogens is 290 g/mol. The topological polar surface area (TPSA) is 60.1 Å². The van der Waals surface area contributed by atoms with E-state index in [1.54, 1.807) is 7.11 Å². The molecule has 0 aromatic heterocycles. The van der Waals surface area contributed by atoms with Crippen LogP contribution in [0.4, 0.5) is 0 Å². The summed E-state index contributed by atoms with van der Waals surface area (Å²) in [5.74, 6) is 5.12. The normalized spacial score (nSPS) is 16.0. The van der Waals surface area contributed by atoms with Gasteiger partial charge in [-0.05, 0) is 36.5 Å².